The lowest BCUT2D eigenvalue weighted by Gasteiger charge is -2.37. The summed E-state index contributed by atoms with van der Waals surface area (Å²) in [7, 11) is 0. The molecule has 2 heterocycles. The van der Waals surface area contributed by atoms with Gasteiger partial charge < -0.3 is 10.4 Å². The van der Waals surface area contributed by atoms with E-state index in [1.165, 1.54) is 0 Å². The van der Waals surface area contributed by atoms with Crippen molar-refractivity contribution in [3.8, 4) is 0 Å². The van der Waals surface area contributed by atoms with Crippen molar-refractivity contribution in [2.75, 3.05) is 0 Å². The Labute approximate surface area is 111 Å². The van der Waals surface area contributed by atoms with Crippen LogP contribution in [-0.4, -0.2) is 22.8 Å². The summed E-state index contributed by atoms with van der Waals surface area (Å²) in [5.74, 6) is -1.60. The highest BCUT2D eigenvalue weighted by Crippen LogP contribution is 2.36. The van der Waals surface area contributed by atoms with Gasteiger partial charge in [-0.1, -0.05) is 12.1 Å². The van der Waals surface area contributed by atoms with Crippen molar-refractivity contribution in [3.63, 3.8) is 0 Å². The highest BCUT2D eigenvalue weighted by molar-refractivity contribution is 5.27. The fourth-order valence-electron chi connectivity index (χ4n) is 3.55. The van der Waals surface area contributed by atoms with E-state index in [-0.39, 0.29) is 12.0 Å². The van der Waals surface area contributed by atoms with Gasteiger partial charge in [-0.2, -0.15) is 0 Å². The van der Waals surface area contributed by atoms with Gasteiger partial charge in [-0.15, -0.1) is 0 Å². The normalized spacial score (nSPS) is 33.7. The fraction of sp³-hybridized carbons (Fsp3) is 0.600. The average molecular weight is 267 g/mol. The van der Waals surface area contributed by atoms with Crippen LogP contribution in [-0.2, 0) is 6.42 Å². The molecule has 2 N–H and O–H groups in total. The van der Waals surface area contributed by atoms with Crippen LogP contribution in [0.3, 0.4) is 0 Å². The van der Waals surface area contributed by atoms with Crippen molar-refractivity contribution >= 4 is 0 Å². The van der Waals surface area contributed by atoms with Crippen LogP contribution in [0, 0.1) is 18.6 Å². The van der Waals surface area contributed by atoms with Crippen molar-refractivity contribution in [2.24, 2.45) is 0 Å². The number of rotatable bonds is 2. The summed E-state index contributed by atoms with van der Waals surface area (Å²) in [6.45, 7) is 1.54. The molecule has 0 aliphatic carbocycles. The average Bonchev–Trinajstić information content (AvgIpc) is 2.70. The van der Waals surface area contributed by atoms with Crippen molar-refractivity contribution in [2.45, 2.75) is 56.7 Å². The summed E-state index contributed by atoms with van der Waals surface area (Å²) >= 11 is 0. The Balaban J connectivity index is 1.83. The molecular weight excluding hydrogens is 248 g/mol. The predicted octanol–water partition coefficient (Wildman–Crippen LogP) is 2.46. The van der Waals surface area contributed by atoms with Crippen molar-refractivity contribution in [1.29, 1.82) is 0 Å². The van der Waals surface area contributed by atoms with Crippen LogP contribution in [0.5, 0.6) is 0 Å². The van der Waals surface area contributed by atoms with Gasteiger partial charge in [-0.25, -0.2) is 8.78 Å². The predicted molar refractivity (Wildman–Crippen MR) is 68.9 cm³/mol. The van der Waals surface area contributed by atoms with E-state index >= 15 is 0 Å². The van der Waals surface area contributed by atoms with Crippen molar-refractivity contribution in [3.05, 3.63) is 34.9 Å². The number of hydrogen-bond donors (Lipinski definition) is 2. The second-order valence-corrected chi connectivity index (χ2v) is 6.12. The number of fused-ring (bicyclic) bond motifs is 2. The largest absolute Gasteiger partial charge is 0.389 e. The third-order valence-electron chi connectivity index (χ3n) is 4.46. The summed E-state index contributed by atoms with van der Waals surface area (Å²) in [4.78, 5) is 0. The van der Waals surface area contributed by atoms with E-state index in [1.54, 1.807) is 19.1 Å². The van der Waals surface area contributed by atoms with Crippen LogP contribution in [0.4, 0.5) is 8.78 Å². The number of halogens is 2. The maximum Gasteiger partial charge on any atom is 0.162 e. The molecule has 3 rings (SSSR count). The summed E-state index contributed by atoms with van der Waals surface area (Å²) in [6.07, 6.45) is 3.58. The van der Waals surface area contributed by atoms with Gasteiger partial charge in [-0.05, 0) is 43.7 Å². The maximum atomic E-state index is 13.9. The molecule has 4 heteroatoms. The van der Waals surface area contributed by atoms with E-state index in [2.05, 4.69) is 5.32 Å². The molecule has 19 heavy (non-hydrogen) atoms. The molecule has 0 aromatic heterocycles. The quantitative estimate of drug-likeness (QED) is 0.862. The third kappa shape index (κ3) is 2.39. The Morgan fingerprint density at radius 3 is 2.47 bits per heavy atom. The molecule has 2 atom stereocenters. The second kappa shape index (κ2) is 4.53. The Bertz CT molecular complexity index is 491. The summed E-state index contributed by atoms with van der Waals surface area (Å²) in [6, 6.07) is 3.81. The maximum absolute atomic E-state index is 13.9. The molecule has 104 valence electrons. The number of benzene rings is 1. The van der Waals surface area contributed by atoms with E-state index in [1.807, 2.05) is 0 Å². The number of piperidine rings is 1. The molecule has 0 radical (unpaired) electrons. The van der Waals surface area contributed by atoms with Gasteiger partial charge in [0, 0.05) is 18.5 Å². The topological polar surface area (TPSA) is 32.3 Å². The second-order valence-electron chi connectivity index (χ2n) is 6.12. The highest BCUT2D eigenvalue weighted by Gasteiger charge is 2.42. The zero-order valence-electron chi connectivity index (χ0n) is 11.0. The highest BCUT2D eigenvalue weighted by atomic mass is 19.2. The van der Waals surface area contributed by atoms with Gasteiger partial charge >= 0.3 is 0 Å². The molecule has 2 aliphatic heterocycles. The zero-order chi connectivity index (χ0) is 13.6. The minimum atomic E-state index is -0.903. The van der Waals surface area contributed by atoms with Gasteiger partial charge in [0.05, 0.1) is 5.60 Å². The van der Waals surface area contributed by atoms with Gasteiger partial charge in [-0.3, -0.25) is 0 Å². The Morgan fingerprint density at radius 2 is 1.84 bits per heavy atom. The van der Waals surface area contributed by atoms with Gasteiger partial charge in [0.15, 0.2) is 11.6 Å². The molecule has 2 aliphatic rings. The molecule has 0 spiro atoms. The Morgan fingerprint density at radius 1 is 1.21 bits per heavy atom. The number of aliphatic hydroxyl groups is 1. The third-order valence-corrected chi connectivity index (χ3v) is 4.46. The van der Waals surface area contributed by atoms with E-state index in [0.29, 0.717) is 30.5 Å². The van der Waals surface area contributed by atoms with Crippen LogP contribution >= 0.6 is 0 Å². The minimum absolute atomic E-state index is 0.199. The van der Waals surface area contributed by atoms with E-state index in [4.69, 9.17) is 0 Å². The van der Waals surface area contributed by atoms with Crippen LogP contribution in [0.25, 0.3) is 0 Å². The summed E-state index contributed by atoms with van der Waals surface area (Å²) in [5.41, 5.74) is -0.315. The zero-order valence-corrected chi connectivity index (χ0v) is 11.0. The van der Waals surface area contributed by atoms with Crippen LogP contribution in [0.15, 0.2) is 12.1 Å². The minimum Gasteiger partial charge on any atom is -0.389 e. The van der Waals surface area contributed by atoms with E-state index in [0.717, 1.165) is 12.8 Å². The number of aryl methyl sites for hydroxylation is 1. The first-order valence-electron chi connectivity index (χ1n) is 6.89. The first-order valence-corrected chi connectivity index (χ1v) is 6.89. The van der Waals surface area contributed by atoms with Crippen LogP contribution in [0.2, 0.25) is 0 Å². The molecule has 2 unspecified atom stereocenters. The summed E-state index contributed by atoms with van der Waals surface area (Å²) in [5, 5.41) is 14.1. The molecule has 1 aromatic carbocycles. The van der Waals surface area contributed by atoms with Gasteiger partial charge in [0.25, 0.3) is 0 Å². The van der Waals surface area contributed by atoms with Crippen molar-refractivity contribution in [1.82, 2.24) is 5.32 Å². The molecule has 2 saturated heterocycles. The summed E-state index contributed by atoms with van der Waals surface area (Å²) < 4.78 is 27.5. The lowest BCUT2D eigenvalue weighted by Crippen LogP contribution is -2.49. The molecule has 1 aromatic rings. The molecule has 2 fully saturated rings. The monoisotopic (exact) mass is 267 g/mol. The first-order chi connectivity index (χ1) is 8.97. The molecule has 2 nitrogen and oxygen atoms in total. The van der Waals surface area contributed by atoms with Crippen LogP contribution < -0.4 is 5.32 Å². The molecular formula is C15H19F2NO. The number of nitrogens with one attached hydrogen (secondary N) is 1. The molecule has 0 amide bonds. The molecule has 2 bridgehead atoms. The van der Waals surface area contributed by atoms with Crippen LogP contribution in [0.1, 0.15) is 36.8 Å². The Hall–Kier alpha value is -1.00. The first kappa shape index (κ1) is 13.0. The van der Waals surface area contributed by atoms with E-state index < -0.39 is 17.2 Å². The van der Waals surface area contributed by atoms with Crippen molar-refractivity contribution < 1.29 is 13.9 Å². The van der Waals surface area contributed by atoms with Gasteiger partial charge in [0.1, 0.15) is 0 Å². The number of hydrogen-bond acceptors (Lipinski definition) is 2. The Kier molecular flexibility index (Phi) is 3.10. The van der Waals surface area contributed by atoms with Gasteiger partial charge in [0.2, 0.25) is 0 Å². The lowest BCUT2D eigenvalue weighted by atomic mass is 9.82. The lowest BCUT2D eigenvalue weighted by molar-refractivity contribution is -0.00683. The van der Waals surface area contributed by atoms with E-state index in [9.17, 15) is 13.9 Å². The standard InChI is InChI=1S/C15H19F2NO/c1-9-2-3-10(14(17)13(9)16)6-15(19)7-11-4-5-12(8-15)18-11/h2-3,11-12,18-19H,4-8H2,1H3. The SMILES string of the molecule is Cc1ccc(CC2(O)CC3CCC(C2)N3)c(F)c1F. The molecule has 0 saturated carbocycles. The fourth-order valence-corrected chi connectivity index (χ4v) is 3.55. The smallest absolute Gasteiger partial charge is 0.162 e.